The van der Waals surface area contributed by atoms with Crippen LogP contribution in [0.1, 0.15) is 126 Å². The van der Waals surface area contributed by atoms with E-state index in [1.807, 2.05) is 12.1 Å². The van der Waals surface area contributed by atoms with E-state index in [1.165, 1.54) is 10.5 Å². The summed E-state index contributed by atoms with van der Waals surface area (Å²) in [5, 5.41) is 5.06. The minimum absolute atomic E-state index is 0.0186. The molecular weight excluding hydrogens is 715 g/mol. The number of amides is 5. The van der Waals surface area contributed by atoms with Crippen molar-refractivity contribution in [2.75, 3.05) is 13.2 Å². The van der Waals surface area contributed by atoms with Crippen molar-refractivity contribution in [1.82, 2.24) is 25.2 Å². The average Bonchev–Trinajstić information content (AvgIpc) is 4.02. The molecule has 2 saturated carbocycles. The van der Waals surface area contributed by atoms with Gasteiger partial charge in [-0.3, -0.25) is 24.0 Å². The van der Waals surface area contributed by atoms with Crippen molar-refractivity contribution in [1.29, 1.82) is 0 Å². The quantitative estimate of drug-likeness (QED) is 0.404. The summed E-state index contributed by atoms with van der Waals surface area (Å²) in [6.07, 6.45) is 11.0. The molecular formula is C39H55N5O9S. The van der Waals surface area contributed by atoms with Gasteiger partial charge in [0.25, 0.3) is 5.91 Å². The van der Waals surface area contributed by atoms with Crippen LogP contribution in [0.2, 0.25) is 0 Å². The number of nitrogens with one attached hydrogen (secondary N) is 3. The number of hydrogen-bond acceptors (Lipinski definition) is 9. The van der Waals surface area contributed by atoms with Crippen LogP contribution in [0.3, 0.4) is 0 Å². The molecule has 0 spiro atoms. The largest absolute Gasteiger partial charge is 0.450 e. The number of alkyl carbamates (subject to hydrolysis) is 1. The van der Waals surface area contributed by atoms with Gasteiger partial charge in [-0.05, 0) is 74.0 Å². The Morgan fingerprint density at radius 1 is 0.852 bits per heavy atom. The third-order valence-corrected chi connectivity index (χ3v) is 14.0. The molecule has 2 aliphatic carbocycles. The third kappa shape index (κ3) is 8.81. The Morgan fingerprint density at radius 3 is 2.33 bits per heavy atom. The first-order valence-electron chi connectivity index (χ1n) is 20.2. The van der Waals surface area contributed by atoms with Gasteiger partial charge in [-0.25, -0.2) is 18.0 Å². The van der Waals surface area contributed by atoms with Gasteiger partial charge in [0.15, 0.2) is 0 Å². The molecule has 0 aromatic heterocycles. The van der Waals surface area contributed by atoms with E-state index in [2.05, 4.69) is 21.4 Å². The summed E-state index contributed by atoms with van der Waals surface area (Å²) in [6, 6.07) is 4.08. The number of carbonyl (C=O) groups excluding carboxylic acids is 5. The van der Waals surface area contributed by atoms with E-state index in [0.29, 0.717) is 51.6 Å². The van der Waals surface area contributed by atoms with Gasteiger partial charge in [-0.1, -0.05) is 76.0 Å². The van der Waals surface area contributed by atoms with E-state index in [9.17, 15) is 32.4 Å². The zero-order chi connectivity index (χ0) is 37.9. The summed E-state index contributed by atoms with van der Waals surface area (Å²) in [6.45, 7) is 0.966. The van der Waals surface area contributed by atoms with Crippen LogP contribution in [0, 0.1) is 5.92 Å². The van der Waals surface area contributed by atoms with Crippen molar-refractivity contribution < 1.29 is 41.9 Å². The topological polar surface area (TPSA) is 181 Å². The molecule has 4 aliphatic heterocycles. The first kappa shape index (κ1) is 38.4. The number of rotatable bonds is 3. The van der Waals surface area contributed by atoms with Gasteiger partial charge >= 0.3 is 12.2 Å². The number of cyclic esters (lactones) is 1. The molecule has 7 rings (SSSR count). The van der Waals surface area contributed by atoms with Gasteiger partial charge in [0.05, 0.1) is 18.4 Å². The smallest absolute Gasteiger partial charge is 0.410 e. The highest BCUT2D eigenvalue weighted by molar-refractivity contribution is 7.91. The summed E-state index contributed by atoms with van der Waals surface area (Å²) in [7, 11) is -3.87. The van der Waals surface area contributed by atoms with Crippen LogP contribution in [0.15, 0.2) is 18.2 Å². The number of sulfonamides is 1. The molecule has 5 bridgehead atoms. The highest BCUT2D eigenvalue weighted by atomic mass is 32.2. The lowest BCUT2D eigenvalue weighted by molar-refractivity contribution is -0.141. The molecule has 1 aromatic rings. The summed E-state index contributed by atoms with van der Waals surface area (Å²) in [4.78, 5) is 72.1. The average molecular weight is 770 g/mol. The normalized spacial score (nSPS) is 30.6. The maximum absolute atomic E-state index is 14.4. The standard InChI is InChI=1S/C39H55N5O9S/c45-34-33-21-29-24-44(33)35(46)32(17-10-6-3-5-9-16-28-22-39(28,41-34)36(47)42-54(50,51)30-18-19-30)40-37(48)52-20-11-7-2-1-4-8-13-26-14-12-15-27-23-43(25-31(26)27)38(49)53-29/h12,14-15,28-30,32-33H,1-11,13,16-25H2,(H,40,48)(H,41,45)(H,42,47)/t28-,29+,32-,33-,39+/m0/s1. The Kier molecular flexibility index (Phi) is 11.7. The van der Waals surface area contributed by atoms with Crippen molar-refractivity contribution in [2.45, 2.75) is 158 Å². The lowest BCUT2D eigenvalue weighted by Crippen LogP contribution is -2.58. The van der Waals surface area contributed by atoms with Crippen molar-refractivity contribution in [3.05, 3.63) is 34.9 Å². The molecule has 1 aromatic carbocycles. The minimum atomic E-state index is -3.87. The maximum Gasteiger partial charge on any atom is 0.410 e. The molecule has 6 aliphatic rings. The van der Waals surface area contributed by atoms with E-state index >= 15 is 0 Å². The van der Waals surface area contributed by atoms with Gasteiger partial charge in [-0.15, -0.1) is 0 Å². The number of nitrogens with zero attached hydrogens (tertiary/aromatic N) is 2. The van der Waals surface area contributed by atoms with Crippen LogP contribution in [0.4, 0.5) is 9.59 Å². The Morgan fingerprint density at radius 2 is 1.56 bits per heavy atom. The fourth-order valence-corrected chi connectivity index (χ4v) is 10.2. The molecule has 5 atom stereocenters. The zero-order valence-corrected chi connectivity index (χ0v) is 32.0. The van der Waals surface area contributed by atoms with Crippen LogP contribution in [-0.4, -0.2) is 90.3 Å². The monoisotopic (exact) mass is 769 g/mol. The molecule has 54 heavy (non-hydrogen) atoms. The van der Waals surface area contributed by atoms with Gasteiger partial charge in [0.2, 0.25) is 21.8 Å². The first-order chi connectivity index (χ1) is 26.0. The van der Waals surface area contributed by atoms with E-state index in [-0.39, 0.29) is 31.9 Å². The summed E-state index contributed by atoms with van der Waals surface area (Å²) in [5.41, 5.74) is 2.03. The van der Waals surface area contributed by atoms with Crippen molar-refractivity contribution in [3.8, 4) is 0 Å². The Bertz CT molecular complexity index is 1720. The lowest BCUT2D eigenvalue weighted by atomic mass is 9.98. The van der Waals surface area contributed by atoms with Crippen molar-refractivity contribution in [3.63, 3.8) is 0 Å². The number of hydrogen-bond donors (Lipinski definition) is 3. The Hall–Kier alpha value is -3.88. The van der Waals surface area contributed by atoms with Crippen LogP contribution in [-0.2, 0) is 53.4 Å². The molecule has 0 radical (unpaired) electrons. The number of carbonyl (C=O) groups is 5. The van der Waals surface area contributed by atoms with Crippen LogP contribution >= 0.6 is 0 Å². The van der Waals surface area contributed by atoms with E-state index in [0.717, 1.165) is 75.3 Å². The number of ether oxygens (including phenoxy) is 2. The Labute approximate surface area is 317 Å². The van der Waals surface area contributed by atoms with Crippen molar-refractivity contribution >= 4 is 39.9 Å². The second-order valence-electron chi connectivity index (χ2n) is 16.2. The molecule has 3 N–H and O–H groups in total. The van der Waals surface area contributed by atoms with E-state index < -0.39 is 68.9 Å². The molecule has 14 nitrogen and oxygen atoms in total. The van der Waals surface area contributed by atoms with Gasteiger partial charge in [-0.2, -0.15) is 0 Å². The fraction of sp³-hybridized carbons (Fsp3) is 0.718. The summed E-state index contributed by atoms with van der Waals surface area (Å²) < 4.78 is 39.4. The van der Waals surface area contributed by atoms with E-state index in [4.69, 9.17) is 9.47 Å². The molecule has 4 heterocycles. The predicted molar refractivity (Wildman–Crippen MR) is 197 cm³/mol. The van der Waals surface area contributed by atoms with Crippen molar-refractivity contribution in [2.24, 2.45) is 5.92 Å². The molecule has 4 fully saturated rings. The maximum atomic E-state index is 14.4. The number of benzene rings is 1. The molecule has 2 saturated heterocycles. The van der Waals surface area contributed by atoms with Gasteiger partial charge < -0.3 is 25.0 Å². The predicted octanol–water partition coefficient (Wildman–Crippen LogP) is 4.33. The van der Waals surface area contributed by atoms with Gasteiger partial charge in [0.1, 0.15) is 23.7 Å². The molecule has 296 valence electrons. The minimum Gasteiger partial charge on any atom is -0.450 e. The summed E-state index contributed by atoms with van der Waals surface area (Å²) >= 11 is 0. The summed E-state index contributed by atoms with van der Waals surface area (Å²) in [5.74, 6) is -2.12. The molecule has 0 unspecified atom stereocenters. The lowest BCUT2D eigenvalue weighted by Gasteiger charge is -2.29. The number of fused-ring (bicyclic) bond motifs is 4. The SMILES string of the molecule is O=C1N[C@H]2CCCCCCC[C@H]3C[C@@]3(C(=O)NS(=O)(=O)C3CC3)NC(=O)[C@@H]3C[C@H](CN3C2=O)OC(=O)N2Cc3cccc(c3C2)CCCCCCCCO1. The number of aryl methyl sites for hydroxylation is 1. The first-order valence-corrected chi connectivity index (χ1v) is 21.8. The molecule has 15 heteroatoms. The van der Waals surface area contributed by atoms with E-state index in [1.54, 1.807) is 4.90 Å². The second kappa shape index (κ2) is 16.5. The highest BCUT2D eigenvalue weighted by Crippen LogP contribution is 2.48. The Balaban J connectivity index is 1.14. The zero-order valence-electron chi connectivity index (χ0n) is 31.2. The van der Waals surface area contributed by atoms with Crippen LogP contribution < -0.4 is 15.4 Å². The highest BCUT2D eigenvalue weighted by Gasteiger charge is 2.62. The third-order valence-electron chi connectivity index (χ3n) is 12.2. The second-order valence-corrected chi connectivity index (χ2v) is 18.2. The van der Waals surface area contributed by atoms with Gasteiger partial charge in [0, 0.05) is 19.5 Å². The van der Waals surface area contributed by atoms with Crippen LogP contribution in [0.25, 0.3) is 0 Å². The molecule has 5 amide bonds. The fourth-order valence-electron chi connectivity index (χ4n) is 8.80. The van der Waals surface area contributed by atoms with Crippen LogP contribution in [0.5, 0.6) is 0 Å².